The molecular weight excluding hydrogens is 206 g/mol. The van der Waals surface area contributed by atoms with Crippen molar-refractivity contribution in [1.82, 2.24) is 0 Å². The quantitative estimate of drug-likeness (QED) is 0.543. The van der Waals surface area contributed by atoms with E-state index in [1.165, 1.54) is 0 Å². The van der Waals surface area contributed by atoms with E-state index in [4.69, 9.17) is 17.2 Å². The van der Waals surface area contributed by atoms with Gasteiger partial charge in [-0.3, -0.25) is 9.59 Å². The zero-order valence-corrected chi connectivity index (χ0v) is 10.1. The van der Waals surface area contributed by atoms with E-state index < -0.39 is 23.7 Å². The molecule has 0 bridgehead atoms. The molecule has 16 heavy (non-hydrogen) atoms. The molecule has 2 atom stereocenters. The Morgan fingerprint density at radius 2 is 1.56 bits per heavy atom. The van der Waals surface area contributed by atoms with E-state index >= 15 is 0 Å². The molecule has 0 saturated heterocycles. The van der Waals surface area contributed by atoms with Crippen molar-refractivity contribution in [2.45, 2.75) is 33.1 Å². The van der Waals surface area contributed by atoms with Crippen LogP contribution in [0.15, 0.2) is 0 Å². The number of carbonyl (C=O) groups is 2. The third kappa shape index (κ3) is 5.11. The standard InChI is InChI=1S/C11H23N3O2/c1-7(2)6-9(11(14)16)8(10(13)15)4-3-5-12/h7-9H,3-6,12H2,1-2H3,(H2,13,15)(H2,14,16)/t8-,9?/m0/s1. The smallest absolute Gasteiger partial charge is 0.221 e. The van der Waals surface area contributed by atoms with Crippen LogP contribution in [0.4, 0.5) is 0 Å². The molecule has 0 aliphatic heterocycles. The Bertz CT molecular complexity index is 241. The fraction of sp³-hybridized carbons (Fsp3) is 0.818. The molecule has 0 aromatic heterocycles. The van der Waals surface area contributed by atoms with Crippen LogP contribution in [0, 0.1) is 17.8 Å². The molecule has 5 heteroatoms. The molecule has 0 aliphatic rings. The van der Waals surface area contributed by atoms with Crippen LogP contribution in [0.5, 0.6) is 0 Å². The molecule has 6 N–H and O–H groups in total. The SMILES string of the molecule is CC(C)CC(C(N)=O)[C@H](CCCN)C(N)=O. The van der Waals surface area contributed by atoms with Crippen LogP contribution < -0.4 is 17.2 Å². The lowest BCUT2D eigenvalue weighted by Crippen LogP contribution is -2.38. The molecule has 0 aromatic rings. The van der Waals surface area contributed by atoms with Crippen molar-refractivity contribution in [2.24, 2.45) is 35.0 Å². The number of hydrogen-bond donors (Lipinski definition) is 3. The first-order valence-corrected chi connectivity index (χ1v) is 5.68. The lowest BCUT2D eigenvalue weighted by atomic mass is 9.82. The summed E-state index contributed by atoms with van der Waals surface area (Å²) in [5.41, 5.74) is 16.0. The highest BCUT2D eigenvalue weighted by atomic mass is 16.2. The van der Waals surface area contributed by atoms with Crippen LogP contribution >= 0.6 is 0 Å². The van der Waals surface area contributed by atoms with E-state index in [9.17, 15) is 9.59 Å². The highest BCUT2D eigenvalue weighted by Gasteiger charge is 2.30. The molecule has 0 radical (unpaired) electrons. The van der Waals surface area contributed by atoms with E-state index in [1.807, 2.05) is 13.8 Å². The third-order valence-electron chi connectivity index (χ3n) is 2.66. The Labute approximate surface area is 96.7 Å². The maximum absolute atomic E-state index is 11.3. The summed E-state index contributed by atoms with van der Waals surface area (Å²) >= 11 is 0. The average molecular weight is 229 g/mol. The van der Waals surface area contributed by atoms with Gasteiger partial charge in [0.05, 0.1) is 0 Å². The summed E-state index contributed by atoms with van der Waals surface area (Å²) in [6.45, 7) is 4.45. The van der Waals surface area contributed by atoms with Crippen molar-refractivity contribution in [2.75, 3.05) is 6.54 Å². The molecule has 0 fully saturated rings. The zero-order valence-electron chi connectivity index (χ0n) is 10.1. The van der Waals surface area contributed by atoms with E-state index in [1.54, 1.807) is 0 Å². The van der Waals surface area contributed by atoms with Crippen LogP contribution in [0.1, 0.15) is 33.1 Å². The Morgan fingerprint density at radius 1 is 1.06 bits per heavy atom. The van der Waals surface area contributed by atoms with Crippen molar-refractivity contribution in [3.05, 3.63) is 0 Å². The average Bonchev–Trinajstić information content (AvgIpc) is 2.15. The number of primary amides is 2. The van der Waals surface area contributed by atoms with Gasteiger partial charge in [0.1, 0.15) is 0 Å². The van der Waals surface area contributed by atoms with Crippen LogP contribution in [0.25, 0.3) is 0 Å². The summed E-state index contributed by atoms with van der Waals surface area (Å²) in [6, 6.07) is 0. The number of hydrogen-bond acceptors (Lipinski definition) is 3. The maximum atomic E-state index is 11.3. The van der Waals surface area contributed by atoms with E-state index in [0.29, 0.717) is 31.7 Å². The van der Waals surface area contributed by atoms with Gasteiger partial charge in [-0.25, -0.2) is 0 Å². The van der Waals surface area contributed by atoms with Crippen molar-refractivity contribution in [3.63, 3.8) is 0 Å². The van der Waals surface area contributed by atoms with Crippen LogP contribution in [-0.2, 0) is 9.59 Å². The van der Waals surface area contributed by atoms with Gasteiger partial charge in [0.15, 0.2) is 0 Å². The molecule has 2 amide bonds. The predicted molar refractivity (Wildman–Crippen MR) is 63.1 cm³/mol. The van der Waals surface area contributed by atoms with Gasteiger partial charge in [-0.15, -0.1) is 0 Å². The third-order valence-corrected chi connectivity index (χ3v) is 2.66. The summed E-state index contributed by atoms with van der Waals surface area (Å²) in [5, 5.41) is 0. The van der Waals surface area contributed by atoms with E-state index in [0.717, 1.165) is 0 Å². The van der Waals surface area contributed by atoms with Crippen molar-refractivity contribution >= 4 is 11.8 Å². The Hall–Kier alpha value is -1.10. The highest BCUT2D eigenvalue weighted by Crippen LogP contribution is 2.24. The second kappa shape index (κ2) is 7.22. The lowest BCUT2D eigenvalue weighted by molar-refractivity contribution is -0.132. The molecule has 1 unspecified atom stereocenters. The van der Waals surface area contributed by atoms with Gasteiger partial charge in [-0.05, 0) is 31.7 Å². The summed E-state index contributed by atoms with van der Waals surface area (Å²) in [4.78, 5) is 22.6. The number of rotatable bonds is 8. The first-order chi connectivity index (χ1) is 7.40. The van der Waals surface area contributed by atoms with Gasteiger partial charge in [0.2, 0.25) is 11.8 Å². The second-order valence-corrected chi connectivity index (χ2v) is 4.58. The van der Waals surface area contributed by atoms with Gasteiger partial charge in [0, 0.05) is 11.8 Å². The maximum Gasteiger partial charge on any atom is 0.221 e. The van der Waals surface area contributed by atoms with Gasteiger partial charge in [-0.1, -0.05) is 13.8 Å². The molecule has 0 aromatic carbocycles. The van der Waals surface area contributed by atoms with E-state index in [-0.39, 0.29) is 0 Å². The topological polar surface area (TPSA) is 112 Å². The fourth-order valence-corrected chi connectivity index (χ4v) is 1.87. The minimum atomic E-state index is -0.483. The van der Waals surface area contributed by atoms with E-state index in [2.05, 4.69) is 0 Å². The van der Waals surface area contributed by atoms with Crippen LogP contribution in [-0.4, -0.2) is 18.4 Å². The number of amides is 2. The normalized spacial score (nSPS) is 14.8. The summed E-state index contributed by atoms with van der Waals surface area (Å²) < 4.78 is 0. The highest BCUT2D eigenvalue weighted by molar-refractivity contribution is 5.85. The summed E-state index contributed by atoms with van der Waals surface area (Å²) in [7, 11) is 0. The minimum absolute atomic E-state index is 0.303. The van der Waals surface area contributed by atoms with Crippen molar-refractivity contribution in [3.8, 4) is 0 Å². The van der Waals surface area contributed by atoms with Crippen molar-refractivity contribution < 1.29 is 9.59 Å². The molecule has 0 rings (SSSR count). The second-order valence-electron chi connectivity index (χ2n) is 4.58. The Kier molecular flexibility index (Phi) is 6.72. The molecule has 5 nitrogen and oxygen atoms in total. The fourth-order valence-electron chi connectivity index (χ4n) is 1.87. The van der Waals surface area contributed by atoms with Crippen LogP contribution in [0.2, 0.25) is 0 Å². The van der Waals surface area contributed by atoms with Crippen LogP contribution in [0.3, 0.4) is 0 Å². The molecule has 0 saturated carbocycles. The first kappa shape index (κ1) is 14.9. The zero-order chi connectivity index (χ0) is 12.7. The van der Waals surface area contributed by atoms with Gasteiger partial charge < -0.3 is 17.2 Å². The molecule has 0 aliphatic carbocycles. The Balaban J connectivity index is 4.65. The summed E-state index contributed by atoms with van der Waals surface area (Å²) in [5.74, 6) is -1.56. The predicted octanol–water partition coefficient (Wildman–Crippen LogP) is -0.0256. The van der Waals surface area contributed by atoms with Crippen molar-refractivity contribution in [1.29, 1.82) is 0 Å². The number of carbonyl (C=O) groups excluding carboxylic acids is 2. The first-order valence-electron chi connectivity index (χ1n) is 5.68. The van der Waals surface area contributed by atoms with Gasteiger partial charge >= 0.3 is 0 Å². The molecule has 0 spiro atoms. The largest absolute Gasteiger partial charge is 0.369 e. The van der Waals surface area contributed by atoms with Gasteiger partial charge in [-0.2, -0.15) is 0 Å². The number of nitrogens with two attached hydrogens (primary N) is 3. The summed E-state index contributed by atoms with van der Waals surface area (Å²) in [6.07, 6.45) is 1.80. The van der Waals surface area contributed by atoms with Gasteiger partial charge in [0.25, 0.3) is 0 Å². The lowest BCUT2D eigenvalue weighted by Gasteiger charge is -2.23. The minimum Gasteiger partial charge on any atom is -0.369 e. The monoisotopic (exact) mass is 229 g/mol. The Morgan fingerprint density at radius 3 is 1.88 bits per heavy atom. The molecular formula is C11H23N3O2. The molecule has 94 valence electrons. The molecule has 0 heterocycles.